The van der Waals surface area contributed by atoms with Crippen LogP contribution in [0.2, 0.25) is 0 Å². The van der Waals surface area contributed by atoms with Gasteiger partial charge in [-0.3, -0.25) is 9.88 Å². The Morgan fingerprint density at radius 1 is 0.893 bits per heavy atom. The van der Waals surface area contributed by atoms with E-state index in [0.717, 1.165) is 44.8 Å². The molecule has 3 aliphatic rings. The van der Waals surface area contributed by atoms with E-state index < -0.39 is 0 Å². The summed E-state index contributed by atoms with van der Waals surface area (Å²) in [5.74, 6) is 0. The highest BCUT2D eigenvalue weighted by Crippen LogP contribution is 2.33. The van der Waals surface area contributed by atoms with Crippen LogP contribution in [-0.2, 0) is 6.42 Å². The second-order valence-electron chi connectivity index (χ2n) is 8.53. The molecule has 1 aromatic carbocycles. The lowest BCUT2D eigenvalue weighted by atomic mass is 10.0. The summed E-state index contributed by atoms with van der Waals surface area (Å²) in [6.45, 7) is 8.13. The zero-order valence-electron chi connectivity index (χ0n) is 16.9. The molecule has 1 aliphatic carbocycles. The first-order valence-corrected chi connectivity index (χ1v) is 10.7. The molecule has 0 unspecified atom stereocenters. The number of likely N-dealkylation sites (tertiary alicyclic amines) is 1. The Balaban J connectivity index is 1.36. The van der Waals surface area contributed by atoms with Gasteiger partial charge >= 0.3 is 0 Å². The zero-order chi connectivity index (χ0) is 18.9. The summed E-state index contributed by atoms with van der Waals surface area (Å²) in [6, 6.07) is 11.2. The standard InChI is InChI=1S/C24H30N4/c1-26-12-14-28(15-13-26)22-6-4-20(5-7-22)24-23-17-19(16-21(23)8-9-25-24)18-27-10-2-3-11-27/h4-9,17H,2-3,10-16,18H2,1H3. The molecule has 146 valence electrons. The molecule has 0 radical (unpaired) electrons. The number of fused-ring (bicyclic) bond motifs is 1. The molecule has 2 aliphatic heterocycles. The monoisotopic (exact) mass is 374 g/mol. The van der Waals surface area contributed by atoms with Gasteiger partial charge < -0.3 is 9.80 Å². The summed E-state index contributed by atoms with van der Waals surface area (Å²) in [5, 5.41) is 0. The maximum absolute atomic E-state index is 4.76. The molecule has 2 fully saturated rings. The van der Waals surface area contributed by atoms with Crippen LogP contribution < -0.4 is 4.90 Å². The lowest BCUT2D eigenvalue weighted by Gasteiger charge is -2.34. The van der Waals surface area contributed by atoms with Crippen molar-refractivity contribution in [2.24, 2.45) is 0 Å². The van der Waals surface area contributed by atoms with E-state index in [9.17, 15) is 0 Å². The number of hydrogen-bond donors (Lipinski definition) is 0. The van der Waals surface area contributed by atoms with E-state index in [4.69, 9.17) is 4.98 Å². The van der Waals surface area contributed by atoms with E-state index in [0.29, 0.717) is 0 Å². The van der Waals surface area contributed by atoms with Crippen molar-refractivity contribution in [2.75, 3.05) is 57.8 Å². The number of likely N-dealkylation sites (N-methyl/N-ethyl adjacent to an activating group) is 1. The van der Waals surface area contributed by atoms with Gasteiger partial charge in [0.05, 0.1) is 5.69 Å². The fourth-order valence-electron chi connectivity index (χ4n) is 4.78. The Hall–Kier alpha value is -2.17. The number of hydrogen-bond acceptors (Lipinski definition) is 4. The smallest absolute Gasteiger partial charge is 0.0777 e. The maximum Gasteiger partial charge on any atom is 0.0777 e. The summed E-state index contributed by atoms with van der Waals surface area (Å²) < 4.78 is 0. The van der Waals surface area contributed by atoms with E-state index in [-0.39, 0.29) is 0 Å². The Kier molecular flexibility index (Phi) is 4.91. The van der Waals surface area contributed by atoms with Crippen LogP contribution in [0.15, 0.2) is 42.1 Å². The molecule has 4 nitrogen and oxygen atoms in total. The van der Waals surface area contributed by atoms with E-state index in [1.165, 1.54) is 48.3 Å². The van der Waals surface area contributed by atoms with Crippen molar-refractivity contribution in [2.45, 2.75) is 19.3 Å². The molecule has 4 heteroatoms. The third-order valence-electron chi connectivity index (χ3n) is 6.48. The summed E-state index contributed by atoms with van der Waals surface area (Å²) in [6.07, 6.45) is 8.18. The number of rotatable bonds is 4. The van der Waals surface area contributed by atoms with Gasteiger partial charge in [0, 0.05) is 55.7 Å². The van der Waals surface area contributed by atoms with Crippen LogP contribution >= 0.6 is 0 Å². The predicted octanol–water partition coefficient (Wildman–Crippen LogP) is 3.54. The number of nitrogens with zero attached hydrogens (tertiary/aromatic N) is 4. The van der Waals surface area contributed by atoms with Crippen LogP contribution in [-0.4, -0.2) is 67.6 Å². The van der Waals surface area contributed by atoms with Crippen LogP contribution in [0.5, 0.6) is 0 Å². The van der Waals surface area contributed by atoms with Gasteiger partial charge in [-0.15, -0.1) is 0 Å². The summed E-state index contributed by atoms with van der Waals surface area (Å²) in [5.41, 5.74) is 8.01. The molecule has 5 rings (SSSR count). The molecule has 0 amide bonds. The van der Waals surface area contributed by atoms with Crippen LogP contribution in [0, 0.1) is 0 Å². The molecular weight excluding hydrogens is 344 g/mol. The maximum atomic E-state index is 4.76. The molecule has 0 saturated carbocycles. The zero-order valence-corrected chi connectivity index (χ0v) is 16.9. The third-order valence-corrected chi connectivity index (χ3v) is 6.48. The van der Waals surface area contributed by atoms with Gasteiger partial charge in [0.1, 0.15) is 0 Å². The minimum atomic E-state index is 1.08. The Morgan fingerprint density at radius 3 is 2.39 bits per heavy atom. The Morgan fingerprint density at radius 2 is 1.64 bits per heavy atom. The molecule has 28 heavy (non-hydrogen) atoms. The second-order valence-corrected chi connectivity index (χ2v) is 8.53. The third kappa shape index (κ3) is 3.59. The minimum Gasteiger partial charge on any atom is -0.369 e. The molecule has 3 heterocycles. The fraction of sp³-hybridized carbons (Fsp3) is 0.458. The Labute approximate surface area is 168 Å². The van der Waals surface area contributed by atoms with E-state index in [1.807, 2.05) is 6.20 Å². The highest BCUT2D eigenvalue weighted by Gasteiger charge is 2.21. The highest BCUT2D eigenvalue weighted by atomic mass is 15.2. The molecule has 1 aromatic heterocycles. The van der Waals surface area contributed by atoms with Crippen molar-refractivity contribution in [1.29, 1.82) is 0 Å². The largest absolute Gasteiger partial charge is 0.369 e. The summed E-state index contributed by atoms with van der Waals surface area (Å²) in [4.78, 5) is 12.2. The van der Waals surface area contributed by atoms with Crippen LogP contribution in [0.25, 0.3) is 17.3 Å². The second kappa shape index (κ2) is 7.69. The average Bonchev–Trinajstić information content (AvgIpc) is 3.38. The molecule has 2 saturated heterocycles. The fourth-order valence-corrected chi connectivity index (χ4v) is 4.78. The molecule has 2 aromatic rings. The summed E-state index contributed by atoms with van der Waals surface area (Å²) in [7, 11) is 2.20. The van der Waals surface area contributed by atoms with Crippen molar-refractivity contribution in [1.82, 2.24) is 14.8 Å². The minimum absolute atomic E-state index is 1.08. The quantitative estimate of drug-likeness (QED) is 0.816. The number of anilines is 1. The van der Waals surface area contributed by atoms with E-state index in [2.05, 4.69) is 58.2 Å². The normalized spacial score (nSPS) is 20.5. The first kappa shape index (κ1) is 17.9. The van der Waals surface area contributed by atoms with Gasteiger partial charge in [0.25, 0.3) is 0 Å². The molecule has 0 spiro atoms. The van der Waals surface area contributed by atoms with Gasteiger partial charge in [-0.2, -0.15) is 0 Å². The molecule has 0 atom stereocenters. The first-order chi connectivity index (χ1) is 13.8. The number of piperazine rings is 1. The van der Waals surface area contributed by atoms with Crippen molar-refractivity contribution in [3.63, 3.8) is 0 Å². The van der Waals surface area contributed by atoms with Crippen molar-refractivity contribution >= 4 is 11.8 Å². The van der Waals surface area contributed by atoms with Crippen molar-refractivity contribution in [3.8, 4) is 11.3 Å². The lowest BCUT2D eigenvalue weighted by molar-refractivity contribution is 0.313. The van der Waals surface area contributed by atoms with Crippen molar-refractivity contribution in [3.05, 3.63) is 53.2 Å². The highest BCUT2D eigenvalue weighted by molar-refractivity contribution is 5.78. The SMILES string of the molecule is CN1CCN(c2ccc(-c3nccc4c3C=C(CN3CCCC3)C4)cc2)CC1. The molecule has 0 bridgehead atoms. The molecule has 0 N–H and O–H groups in total. The van der Waals surface area contributed by atoms with E-state index in [1.54, 1.807) is 5.57 Å². The first-order valence-electron chi connectivity index (χ1n) is 10.7. The number of aromatic nitrogens is 1. The summed E-state index contributed by atoms with van der Waals surface area (Å²) >= 11 is 0. The van der Waals surface area contributed by atoms with Crippen LogP contribution in [0.3, 0.4) is 0 Å². The average molecular weight is 375 g/mol. The van der Waals surface area contributed by atoms with Gasteiger partial charge in [-0.25, -0.2) is 0 Å². The van der Waals surface area contributed by atoms with Gasteiger partial charge in [-0.05, 0) is 63.2 Å². The van der Waals surface area contributed by atoms with Crippen LogP contribution in [0.1, 0.15) is 24.0 Å². The van der Waals surface area contributed by atoms with Gasteiger partial charge in [-0.1, -0.05) is 23.8 Å². The topological polar surface area (TPSA) is 22.6 Å². The number of benzene rings is 1. The molecular formula is C24H30N4. The van der Waals surface area contributed by atoms with Gasteiger partial charge in [0.2, 0.25) is 0 Å². The van der Waals surface area contributed by atoms with Crippen molar-refractivity contribution < 1.29 is 0 Å². The van der Waals surface area contributed by atoms with Crippen LogP contribution in [0.4, 0.5) is 5.69 Å². The Bertz CT molecular complexity index is 857. The van der Waals surface area contributed by atoms with E-state index >= 15 is 0 Å². The number of pyridine rings is 1. The van der Waals surface area contributed by atoms with Gasteiger partial charge in [0.15, 0.2) is 0 Å². The predicted molar refractivity (Wildman–Crippen MR) is 117 cm³/mol. The lowest BCUT2D eigenvalue weighted by Crippen LogP contribution is -2.44.